The van der Waals surface area contributed by atoms with Crippen LogP contribution in [0.15, 0.2) is 24.3 Å². The van der Waals surface area contributed by atoms with E-state index in [1.807, 2.05) is 0 Å². The summed E-state index contributed by atoms with van der Waals surface area (Å²) in [5.74, 6) is 0.223. The lowest BCUT2D eigenvalue weighted by atomic mass is 10.2. The topological polar surface area (TPSA) is 75.7 Å². The first-order chi connectivity index (χ1) is 6.27. The predicted octanol–water partition coefficient (Wildman–Crippen LogP) is 1.13. The second-order valence-corrected chi connectivity index (χ2v) is 2.47. The number of anilines is 1. The zero-order valence-corrected chi connectivity index (χ0v) is 6.97. The monoisotopic (exact) mass is 181 g/mol. The Balaban J connectivity index is 2.89. The Bertz CT molecular complexity index is 310. The fraction of sp³-hybridized carbons (Fsp3) is 0.111. The number of nitrogen functional groups attached to an aromatic ring is 1. The second kappa shape index (κ2) is 4.49. The molecule has 0 aromatic heterocycles. The quantitative estimate of drug-likeness (QED) is 0.371. The van der Waals surface area contributed by atoms with Gasteiger partial charge >= 0.3 is 0 Å². The summed E-state index contributed by atoms with van der Waals surface area (Å²) < 4.78 is 0. The fourth-order valence-corrected chi connectivity index (χ4v) is 0.943. The van der Waals surface area contributed by atoms with Crippen molar-refractivity contribution in [3.05, 3.63) is 29.8 Å². The highest BCUT2D eigenvalue weighted by molar-refractivity contribution is 5.61. The third-order valence-corrected chi connectivity index (χ3v) is 1.55. The van der Waals surface area contributed by atoms with E-state index in [0.717, 1.165) is 5.56 Å². The van der Waals surface area contributed by atoms with Crippen LogP contribution in [0.5, 0.6) is 5.75 Å². The van der Waals surface area contributed by atoms with Crippen LogP contribution in [0.3, 0.4) is 0 Å². The molecule has 4 nitrogen and oxygen atoms in total. The van der Waals surface area contributed by atoms with Gasteiger partial charge in [0, 0.05) is 0 Å². The van der Waals surface area contributed by atoms with Crippen molar-refractivity contribution in [1.29, 1.82) is 0 Å². The van der Waals surface area contributed by atoms with Crippen LogP contribution < -0.4 is 10.6 Å². The summed E-state index contributed by atoms with van der Waals surface area (Å²) in [6.07, 6.45) is 3.31. The summed E-state index contributed by atoms with van der Waals surface area (Å²) in [6, 6.07) is 4.90. The maximum Gasteiger partial charge on any atom is 0.187 e. The molecule has 4 heteroatoms. The molecule has 1 aromatic rings. The molecule has 0 aliphatic carbocycles. The number of hydrogen-bond acceptors (Lipinski definition) is 4. The first kappa shape index (κ1) is 9.57. The largest absolute Gasteiger partial charge is 0.396 e. The molecule has 0 spiro atoms. The Morgan fingerprint density at radius 2 is 2.23 bits per heavy atom. The van der Waals surface area contributed by atoms with E-state index in [9.17, 15) is 0 Å². The highest BCUT2D eigenvalue weighted by Gasteiger charge is 1.99. The molecule has 0 bridgehead atoms. The van der Waals surface area contributed by atoms with Gasteiger partial charge in [-0.25, -0.2) is 5.26 Å². The maximum atomic E-state index is 8.51. The molecular formula is C9H11NO3. The van der Waals surface area contributed by atoms with Crippen molar-refractivity contribution < 1.29 is 15.3 Å². The average Bonchev–Trinajstić information content (AvgIpc) is 2.15. The molecule has 0 radical (unpaired) electrons. The lowest BCUT2D eigenvalue weighted by Crippen LogP contribution is -1.92. The molecule has 0 amide bonds. The van der Waals surface area contributed by atoms with E-state index in [0.29, 0.717) is 5.69 Å². The van der Waals surface area contributed by atoms with Gasteiger partial charge < -0.3 is 15.7 Å². The van der Waals surface area contributed by atoms with Crippen LogP contribution in [0, 0.1) is 0 Å². The van der Waals surface area contributed by atoms with E-state index in [4.69, 9.17) is 16.1 Å². The van der Waals surface area contributed by atoms with Crippen molar-refractivity contribution in [1.82, 2.24) is 0 Å². The van der Waals surface area contributed by atoms with Gasteiger partial charge in [0.2, 0.25) is 0 Å². The Kier molecular flexibility index (Phi) is 3.31. The molecule has 0 aliphatic rings. The van der Waals surface area contributed by atoms with Crippen molar-refractivity contribution >= 4 is 11.8 Å². The second-order valence-electron chi connectivity index (χ2n) is 2.47. The SMILES string of the molecule is Nc1cc(/C=C/CO)ccc1OO. The standard InChI is InChI=1S/C9H11NO3/c10-8-6-7(2-1-5-11)3-4-9(8)13-12/h1-4,6,11-12H,5,10H2/b2-1+. The van der Waals surface area contributed by atoms with Crippen molar-refractivity contribution in [3.63, 3.8) is 0 Å². The van der Waals surface area contributed by atoms with Crippen molar-refractivity contribution in [2.75, 3.05) is 12.3 Å². The van der Waals surface area contributed by atoms with Gasteiger partial charge in [-0.15, -0.1) is 0 Å². The Morgan fingerprint density at radius 1 is 1.46 bits per heavy atom. The third-order valence-electron chi connectivity index (χ3n) is 1.55. The van der Waals surface area contributed by atoms with E-state index in [-0.39, 0.29) is 12.4 Å². The van der Waals surface area contributed by atoms with Gasteiger partial charge in [0.15, 0.2) is 5.75 Å². The van der Waals surface area contributed by atoms with Crippen molar-refractivity contribution in [2.45, 2.75) is 0 Å². The van der Waals surface area contributed by atoms with E-state index in [1.54, 1.807) is 30.4 Å². The van der Waals surface area contributed by atoms with Crippen molar-refractivity contribution in [3.8, 4) is 5.75 Å². The number of aliphatic hydroxyl groups is 1. The van der Waals surface area contributed by atoms with Crippen LogP contribution >= 0.6 is 0 Å². The van der Waals surface area contributed by atoms with Gasteiger partial charge in [-0.2, -0.15) is 0 Å². The van der Waals surface area contributed by atoms with Crippen LogP contribution in [0.2, 0.25) is 0 Å². The molecule has 0 unspecified atom stereocenters. The minimum atomic E-state index is -0.0157. The van der Waals surface area contributed by atoms with Gasteiger partial charge in [0.1, 0.15) is 0 Å². The minimum absolute atomic E-state index is 0.0157. The molecule has 13 heavy (non-hydrogen) atoms. The number of hydrogen-bond donors (Lipinski definition) is 3. The van der Waals surface area contributed by atoms with Crippen molar-refractivity contribution in [2.24, 2.45) is 0 Å². The number of rotatable bonds is 3. The molecule has 0 heterocycles. The van der Waals surface area contributed by atoms with Gasteiger partial charge in [0.05, 0.1) is 12.3 Å². The van der Waals surface area contributed by atoms with Gasteiger partial charge in [0.25, 0.3) is 0 Å². The third kappa shape index (κ3) is 2.47. The maximum absolute atomic E-state index is 8.51. The normalized spacial score (nSPS) is 10.6. The van der Waals surface area contributed by atoms with E-state index in [2.05, 4.69) is 4.89 Å². The van der Waals surface area contributed by atoms with Gasteiger partial charge in [-0.3, -0.25) is 0 Å². The molecule has 4 N–H and O–H groups in total. The summed E-state index contributed by atoms with van der Waals surface area (Å²) >= 11 is 0. The molecule has 0 fully saturated rings. The summed E-state index contributed by atoms with van der Waals surface area (Å²) in [6.45, 7) is -0.0157. The molecule has 1 rings (SSSR count). The average molecular weight is 181 g/mol. The van der Waals surface area contributed by atoms with Crippen LogP contribution in [0.25, 0.3) is 6.08 Å². The summed E-state index contributed by atoms with van der Waals surface area (Å²) in [5.41, 5.74) is 6.71. The summed E-state index contributed by atoms with van der Waals surface area (Å²) in [7, 11) is 0. The first-order valence-electron chi connectivity index (χ1n) is 3.76. The lowest BCUT2D eigenvalue weighted by molar-refractivity contribution is -0.136. The number of nitrogens with two attached hydrogens (primary N) is 1. The first-order valence-corrected chi connectivity index (χ1v) is 3.76. The van der Waals surface area contributed by atoms with Crippen LogP contribution in [-0.4, -0.2) is 17.0 Å². The van der Waals surface area contributed by atoms with Gasteiger partial charge in [-0.1, -0.05) is 18.2 Å². The fourth-order valence-electron chi connectivity index (χ4n) is 0.943. The Labute approximate surface area is 75.8 Å². The zero-order valence-electron chi connectivity index (χ0n) is 6.97. The van der Waals surface area contributed by atoms with E-state index < -0.39 is 0 Å². The molecule has 0 atom stereocenters. The van der Waals surface area contributed by atoms with Gasteiger partial charge in [-0.05, 0) is 17.7 Å². The molecule has 0 saturated carbocycles. The molecule has 1 aromatic carbocycles. The summed E-state index contributed by atoms with van der Waals surface area (Å²) in [5, 5.41) is 16.9. The van der Waals surface area contributed by atoms with E-state index in [1.165, 1.54) is 0 Å². The highest BCUT2D eigenvalue weighted by Crippen LogP contribution is 2.22. The number of aliphatic hydroxyl groups excluding tert-OH is 1. The Hall–Kier alpha value is -1.52. The van der Waals surface area contributed by atoms with Crippen LogP contribution in [-0.2, 0) is 0 Å². The van der Waals surface area contributed by atoms with Crippen LogP contribution in [0.4, 0.5) is 5.69 Å². The highest BCUT2D eigenvalue weighted by atomic mass is 17.1. The molecular weight excluding hydrogens is 170 g/mol. The molecule has 0 saturated heterocycles. The number of benzene rings is 1. The zero-order chi connectivity index (χ0) is 9.68. The lowest BCUT2D eigenvalue weighted by Gasteiger charge is -2.01. The minimum Gasteiger partial charge on any atom is -0.396 e. The molecule has 0 aliphatic heterocycles. The van der Waals surface area contributed by atoms with E-state index >= 15 is 0 Å². The predicted molar refractivity (Wildman–Crippen MR) is 50.2 cm³/mol. The smallest absolute Gasteiger partial charge is 0.187 e. The summed E-state index contributed by atoms with van der Waals surface area (Å²) in [4.78, 5) is 4.01. The van der Waals surface area contributed by atoms with Crippen LogP contribution in [0.1, 0.15) is 5.56 Å². The Morgan fingerprint density at radius 3 is 2.77 bits per heavy atom. The molecule has 70 valence electrons.